The summed E-state index contributed by atoms with van der Waals surface area (Å²) in [6, 6.07) is 15.2. The molecule has 14 nitrogen and oxygen atoms in total. The summed E-state index contributed by atoms with van der Waals surface area (Å²) >= 11 is 0. The molecule has 7 rings (SSSR count). The first-order valence-corrected chi connectivity index (χ1v) is 15.4. The Kier molecular flexibility index (Phi) is 7.30. The monoisotopic (exact) mass is 652 g/mol. The van der Waals surface area contributed by atoms with Crippen LogP contribution in [0.4, 0.5) is 22.7 Å². The number of carbonyl (C=O) groups excluding carboxylic acids is 4. The molecule has 0 bridgehead atoms. The fraction of sp³-hybridized carbons (Fsp3) is 0.294. The molecule has 14 heteroatoms. The number of amides is 4. The van der Waals surface area contributed by atoms with Gasteiger partial charge in [-0.15, -0.1) is 0 Å². The number of nitro benzene ring substituents is 2. The van der Waals surface area contributed by atoms with E-state index in [1.807, 2.05) is 6.08 Å². The summed E-state index contributed by atoms with van der Waals surface area (Å²) in [5.74, 6) is -7.15. The average Bonchev–Trinajstić information content (AvgIpc) is 3.48. The molecule has 2 heterocycles. The standard InChI is InChI=1S/C34H28N4O10/c1-2-48-27-13-17(9-12-26(27)39)28-22-10-11-23-29(33(42)35(31(23)40)18-5-3-7-20(14-18)37(44)45)24(22)16-25-30(28)34(43)36(32(25)41)19-6-4-8-21(15-19)38(46)47/h3-10,12-15,23-25,28-30,39H,2,11,16H2,1H3. The van der Waals surface area contributed by atoms with Crippen molar-refractivity contribution < 1.29 is 38.9 Å². The smallest absolute Gasteiger partial charge is 0.271 e. The summed E-state index contributed by atoms with van der Waals surface area (Å²) in [6.07, 6.45) is 2.06. The van der Waals surface area contributed by atoms with Gasteiger partial charge >= 0.3 is 0 Å². The van der Waals surface area contributed by atoms with E-state index in [0.29, 0.717) is 11.1 Å². The topological polar surface area (TPSA) is 190 Å². The van der Waals surface area contributed by atoms with E-state index in [-0.39, 0.29) is 53.7 Å². The van der Waals surface area contributed by atoms with Gasteiger partial charge in [0, 0.05) is 30.2 Å². The third kappa shape index (κ3) is 4.62. The molecule has 0 spiro atoms. The number of carbonyl (C=O) groups is 4. The van der Waals surface area contributed by atoms with Crippen LogP contribution in [0.15, 0.2) is 78.4 Å². The Balaban J connectivity index is 1.34. The second-order valence-electron chi connectivity index (χ2n) is 12.3. The number of phenols is 1. The van der Waals surface area contributed by atoms with Gasteiger partial charge in [-0.25, -0.2) is 9.80 Å². The highest BCUT2D eigenvalue weighted by molar-refractivity contribution is 6.24. The summed E-state index contributed by atoms with van der Waals surface area (Å²) in [4.78, 5) is 80.1. The van der Waals surface area contributed by atoms with Crippen LogP contribution in [0.3, 0.4) is 0 Å². The Hall–Kier alpha value is -5.92. The quantitative estimate of drug-likeness (QED) is 0.163. The van der Waals surface area contributed by atoms with E-state index >= 15 is 0 Å². The molecule has 3 fully saturated rings. The van der Waals surface area contributed by atoms with Gasteiger partial charge in [-0.05, 0) is 55.5 Å². The Bertz CT molecular complexity index is 1970. The van der Waals surface area contributed by atoms with Crippen LogP contribution in [0.1, 0.15) is 31.2 Å². The van der Waals surface area contributed by atoms with Crippen molar-refractivity contribution in [3.8, 4) is 11.5 Å². The van der Waals surface area contributed by atoms with E-state index in [2.05, 4.69) is 0 Å². The van der Waals surface area contributed by atoms with E-state index in [0.717, 1.165) is 15.9 Å². The predicted octanol–water partition coefficient (Wildman–Crippen LogP) is 4.65. The van der Waals surface area contributed by atoms with Gasteiger partial charge in [0.25, 0.3) is 11.4 Å². The number of imide groups is 2. The number of anilines is 2. The lowest BCUT2D eigenvalue weighted by Crippen LogP contribution is -2.43. The average molecular weight is 653 g/mol. The fourth-order valence-electron chi connectivity index (χ4n) is 7.96. The summed E-state index contributed by atoms with van der Waals surface area (Å²) in [5.41, 5.74) is 0.784. The number of nitro groups is 2. The molecule has 6 unspecified atom stereocenters. The molecule has 4 aliphatic rings. The minimum atomic E-state index is -0.949. The summed E-state index contributed by atoms with van der Waals surface area (Å²) < 4.78 is 5.63. The van der Waals surface area contributed by atoms with Crippen molar-refractivity contribution in [1.82, 2.24) is 0 Å². The molecule has 2 saturated heterocycles. The molecule has 0 radical (unpaired) electrons. The number of benzene rings is 3. The van der Waals surface area contributed by atoms with Gasteiger partial charge in [-0.1, -0.05) is 29.8 Å². The van der Waals surface area contributed by atoms with Crippen molar-refractivity contribution in [1.29, 1.82) is 0 Å². The Morgan fingerprint density at radius 2 is 1.35 bits per heavy atom. The molecule has 2 aliphatic carbocycles. The normalized spacial score (nSPS) is 26.1. The molecule has 2 aliphatic heterocycles. The predicted molar refractivity (Wildman–Crippen MR) is 168 cm³/mol. The van der Waals surface area contributed by atoms with E-state index in [9.17, 15) is 44.5 Å². The summed E-state index contributed by atoms with van der Waals surface area (Å²) in [5, 5.41) is 33.4. The van der Waals surface area contributed by atoms with E-state index in [4.69, 9.17) is 4.74 Å². The van der Waals surface area contributed by atoms with Gasteiger partial charge in [0.1, 0.15) is 0 Å². The van der Waals surface area contributed by atoms with Crippen molar-refractivity contribution in [3.63, 3.8) is 0 Å². The van der Waals surface area contributed by atoms with Gasteiger partial charge < -0.3 is 9.84 Å². The lowest BCUT2D eigenvalue weighted by atomic mass is 9.57. The molecule has 1 N–H and O–H groups in total. The molecule has 3 aromatic carbocycles. The first-order chi connectivity index (χ1) is 23.0. The number of fused-ring (bicyclic) bond motifs is 4. The van der Waals surface area contributed by atoms with Crippen molar-refractivity contribution in [2.45, 2.75) is 25.7 Å². The zero-order valence-corrected chi connectivity index (χ0v) is 25.4. The third-order valence-electron chi connectivity index (χ3n) is 9.89. The zero-order valence-electron chi connectivity index (χ0n) is 25.4. The minimum absolute atomic E-state index is 0.0480. The second-order valence-corrected chi connectivity index (χ2v) is 12.3. The molecule has 4 amide bonds. The lowest BCUT2D eigenvalue weighted by Gasteiger charge is -2.44. The van der Waals surface area contributed by atoms with Gasteiger partial charge in [0.2, 0.25) is 23.6 Å². The number of nitrogens with zero attached hydrogens (tertiary/aromatic N) is 4. The molecule has 1 saturated carbocycles. The number of non-ortho nitro benzene ring substituents is 2. The minimum Gasteiger partial charge on any atom is -0.504 e. The van der Waals surface area contributed by atoms with Crippen molar-refractivity contribution in [2.75, 3.05) is 16.4 Å². The third-order valence-corrected chi connectivity index (χ3v) is 9.89. The van der Waals surface area contributed by atoms with Crippen molar-refractivity contribution in [3.05, 3.63) is 104 Å². The van der Waals surface area contributed by atoms with Crippen LogP contribution in [0.5, 0.6) is 11.5 Å². The fourth-order valence-corrected chi connectivity index (χ4v) is 7.96. The molecular formula is C34H28N4O10. The second kappa shape index (κ2) is 11.4. The van der Waals surface area contributed by atoms with E-state index in [1.165, 1.54) is 48.5 Å². The maximum atomic E-state index is 14.3. The van der Waals surface area contributed by atoms with Gasteiger partial charge in [-0.2, -0.15) is 0 Å². The first kappa shape index (κ1) is 30.7. The van der Waals surface area contributed by atoms with Crippen LogP contribution < -0.4 is 14.5 Å². The molecule has 244 valence electrons. The van der Waals surface area contributed by atoms with E-state index in [1.54, 1.807) is 19.1 Å². The van der Waals surface area contributed by atoms with E-state index < -0.39 is 69.0 Å². The highest BCUT2D eigenvalue weighted by Crippen LogP contribution is 2.59. The molecule has 0 aromatic heterocycles. The zero-order chi connectivity index (χ0) is 34.0. The van der Waals surface area contributed by atoms with Crippen LogP contribution in [0, 0.1) is 49.8 Å². The Morgan fingerprint density at radius 3 is 1.94 bits per heavy atom. The Labute approximate surface area is 272 Å². The number of hydrogen-bond acceptors (Lipinski definition) is 10. The van der Waals surface area contributed by atoms with Crippen LogP contribution in [-0.4, -0.2) is 45.2 Å². The molecule has 3 aromatic rings. The first-order valence-electron chi connectivity index (χ1n) is 15.4. The molecular weight excluding hydrogens is 624 g/mol. The lowest BCUT2D eigenvalue weighted by molar-refractivity contribution is -0.385. The number of aromatic hydroxyl groups is 1. The van der Waals surface area contributed by atoms with Crippen LogP contribution in [0.25, 0.3) is 0 Å². The van der Waals surface area contributed by atoms with Crippen LogP contribution >= 0.6 is 0 Å². The number of ether oxygens (including phenoxy) is 1. The van der Waals surface area contributed by atoms with Crippen molar-refractivity contribution in [2.24, 2.45) is 29.6 Å². The van der Waals surface area contributed by atoms with Gasteiger partial charge in [0.15, 0.2) is 11.5 Å². The number of rotatable bonds is 7. The maximum Gasteiger partial charge on any atom is 0.271 e. The number of hydrogen-bond donors (Lipinski definition) is 1. The molecule has 6 atom stereocenters. The highest BCUT2D eigenvalue weighted by atomic mass is 16.6. The molecule has 48 heavy (non-hydrogen) atoms. The van der Waals surface area contributed by atoms with Crippen LogP contribution in [-0.2, 0) is 19.2 Å². The SMILES string of the molecule is CCOc1cc(C2C3=CCC4C(=O)N(c5cccc([N+](=O)[O-])c5)C(=O)C4C3CC3C(=O)N(c4cccc([N+](=O)[O-])c4)C(=O)C32)ccc1O. The maximum absolute atomic E-state index is 14.3. The van der Waals surface area contributed by atoms with Crippen molar-refractivity contribution >= 4 is 46.4 Å². The number of phenolic OH excluding ortho intramolecular Hbond substituents is 1. The highest BCUT2D eigenvalue weighted by Gasteiger charge is 2.62. The summed E-state index contributed by atoms with van der Waals surface area (Å²) in [6.45, 7) is 1.99. The summed E-state index contributed by atoms with van der Waals surface area (Å²) in [7, 11) is 0. The van der Waals surface area contributed by atoms with Crippen LogP contribution in [0.2, 0.25) is 0 Å². The van der Waals surface area contributed by atoms with Gasteiger partial charge in [-0.3, -0.25) is 39.4 Å². The Morgan fingerprint density at radius 1 is 0.771 bits per heavy atom. The van der Waals surface area contributed by atoms with Gasteiger partial charge in [0.05, 0.1) is 51.5 Å². The largest absolute Gasteiger partial charge is 0.504 e. The number of allylic oxidation sites excluding steroid dienone is 2.